The molecule has 0 aliphatic rings. The number of rotatable bonds is 6. The summed E-state index contributed by atoms with van der Waals surface area (Å²) in [5.41, 5.74) is 0. The van der Waals surface area contributed by atoms with E-state index in [1.165, 1.54) is 24.6 Å². The standard InChI is InChI=1S/C30H25AsP.F6P/c1-6-16-26(17-7-1)31(27-18-8-2-9-19-27)32(28-20-10-3-11-21-28,29-22-12-4-13-23-29)30-24-14-5-15-25-30;1-7(2,3,4,5)6/h1-25H;/q+1;-1. The summed E-state index contributed by atoms with van der Waals surface area (Å²) < 4.78 is 62.2. The summed E-state index contributed by atoms with van der Waals surface area (Å²) in [4.78, 5) is 0. The summed E-state index contributed by atoms with van der Waals surface area (Å²) in [6.07, 6.45) is 0. The summed E-state index contributed by atoms with van der Waals surface area (Å²) in [5, 5.41) is 4.39. The van der Waals surface area contributed by atoms with E-state index in [4.69, 9.17) is 0 Å². The van der Waals surface area contributed by atoms with Gasteiger partial charge in [-0.15, -0.1) is 0 Å². The Morgan fingerprint density at radius 3 is 0.795 bits per heavy atom. The molecule has 0 aliphatic heterocycles. The van der Waals surface area contributed by atoms with E-state index in [2.05, 4.69) is 152 Å². The van der Waals surface area contributed by atoms with Gasteiger partial charge in [0.25, 0.3) is 0 Å². The molecular weight excluding hydrogens is 611 g/mol. The Balaban J connectivity index is 0.000000448. The van der Waals surface area contributed by atoms with Crippen LogP contribution in [0.3, 0.4) is 0 Å². The van der Waals surface area contributed by atoms with Crippen molar-refractivity contribution in [2.24, 2.45) is 0 Å². The predicted octanol–water partition coefficient (Wildman–Crippen LogP) is 8.17. The average Bonchev–Trinajstić information content (AvgIpc) is 2.92. The molecule has 0 aliphatic carbocycles. The fourth-order valence-electron chi connectivity index (χ4n) is 4.36. The third kappa shape index (κ3) is 8.05. The zero-order valence-corrected chi connectivity index (χ0v) is 24.2. The number of hydrogen-bond acceptors (Lipinski definition) is 0. The molecule has 0 heterocycles. The van der Waals surface area contributed by atoms with Crippen molar-refractivity contribution in [2.45, 2.75) is 0 Å². The van der Waals surface area contributed by atoms with Crippen LogP contribution in [-0.4, -0.2) is 14.2 Å². The second kappa shape index (κ2) is 10.9. The summed E-state index contributed by atoms with van der Waals surface area (Å²) in [5.74, 6) is -1.96. The van der Waals surface area contributed by atoms with Gasteiger partial charge >= 0.3 is 229 Å². The maximum atomic E-state index is 9.87. The van der Waals surface area contributed by atoms with Crippen molar-refractivity contribution in [3.63, 3.8) is 0 Å². The van der Waals surface area contributed by atoms with Crippen LogP contribution in [0.5, 0.6) is 0 Å². The van der Waals surface area contributed by atoms with Gasteiger partial charge in [0.15, 0.2) is 0 Å². The van der Waals surface area contributed by atoms with Crippen LogP contribution >= 0.6 is 13.6 Å². The van der Waals surface area contributed by atoms with Crippen LogP contribution in [0.2, 0.25) is 0 Å². The molecule has 39 heavy (non-hydrogen) atoms. The van der Waals surface area contributed by atoms with Crippen LogP contribution in [-0.2, 0) is 0 Å². The van der Waals surface area contributed by atoms with Gasteiger partial charge < -0.3 is 0 Å². The van der Waals surface area contributed by atoms with Gasteiger partial charge in [-0.05, 0) is 0 Å². The number of hydrogen-bond donors (Lipinski definition) is 0. The first-order chi connectivity index (χ1) is 18.4. The Morgan fingerprint density at radius 1 is 0.359 bits per heavy atom. The Kier molecular flexibility index (Phi) is 8.15. The van der Waals surface area contributed by atoms with Crippen LogP contribution in [0.15, 0.2) is 152 Å². The molecule has 0 atom stereocenters. The minimum atomic E-state index is -10.7. The molecule has 5 aromatic rings. The maximum absolute atomic E-state index is 10.7. The van der Waals surface area contributed by atoms with Crippen molar-refractivity contribution in [1.29, 1.82) is 0 Å². The molecule has 0 amide bonds. The van der Waals surface area contributed by atoms with E-state index in [-0.39, 0.29) is 0 Å². The van der Waals surface area contributed by atoms with E-state index < -0.39 is 27.8 Å². The van der Waals surface area contributed by atoms with E-state index in [0.29, 0.717) is 0 Å². The molecule has 0 bridgehead atoms. The van der Waals surface area contributed by atoms with Gasteiger partial charge in [-0.1, -0.05) is 0 Å². The van der Waals surface area contributed by atoms with Crippen LogP contribution in [0.25, 0.3) is 0 Å². The van der Waals surface area contributed by atoms with E-state index in [0.717, 1.165) is 0 Å². The third-order valence-electron chi connectivity index (χ3n) is 5.69. The van der Waals surface area contributed by atoms with E-state index in [1.807, 2.05) is 0 Å². The first-order valence-electron chi connectivity index (χ1n) is 11.9. The van der Waals surface area contributed by atoms with Crippen molar-refractivity contribution < 1.29 is 25.2 Å². The van der Waals surface area contributed by atoms with Crippen LogP contribution in [0.1, 0.15) is 0 Å². The van der Waals surface area contributed by atoms with Crippen molar-refractivity contribution in [3.05, 3.63) is 152 Å². The predicted molar refractivity (Wildman–Crippen MR) is 157 cm³/mol. The molecule has 0 spiro atoms. The van der Waals surface area contributed by atoms with Crippen LogP contribution in [0.4, 0.5) is 25.2 Å². The van der Waals surface area contributed by atoms with Gasteiger partial charge in [0.1, 0.15) is 0 Å². The topological polar surface area (TPSA) is 0 Å². The second-order valence-electron chi connectivity index (χ2n) is 8.58. The molecule has 0 saturated carbocycles. The molecule has 5 aromatic carbocycles. The fraction of sp³-hybridized carbons (Fsp3) is 0. The van der Waals surface area contributed by atoms with Gasteiger partial charge in [0.2, 0.25) is 0 Å². The summed E-state index contributed by atoms with van der Waals surface area (Å²) in [7, 11) is -10.7. The molecule has 0 fully saturated rings. The molecule has 9 heteroatoms. The second-order valence-corrected chi connectivity index (χ2v) is 22.7. The third-order valence-corrected chi connectivity index (χ3v) is 23.3. The van der Waals surface area contributed by atoms with Crippen LogP contribution in [0, 0.1) is 0 Å². The molecule has 0 radical (unpaired) electrons. The normalized spacial score (nSPS) is 13.5. The Bertz CT molecular complexity index is 1320. The summed E-state index contributed by atoms with van der Waals surface area (Å²) in [6, 6.07) is 56.3. The van der Waals surface area contributed by atoms with Crippen molar-refractivity contribution in [1.82, 2.24) is 0 Å². The first-order valence-corrected chi connectivity index (χ1v) is 20.0. The zero-order chi connectivity index (χ0) is 28.1. The van der Waals surface area contributed by atoms with E-state index >= 15 is 0 Å². The van der Waals surface area contributed by atoms with E-state index in [1.54, 1.807) is 0 Å². The quantitative estimate of drug-likeness (QED) is 0.100. The molecule has 0 saturated heterocycles. The number of halogens is 6. The number of benzene rings is 5. The van der Waals surface area contributed by atoms with Crippen molar-refractivity contribution in [2.75, 3.05) is 0 Å². The minimum absolute atomic E-state index is 1.46. The van der Waals surface area contributed by atoms with Gasteiger partial charge in [-0.3, -0.25) is 0 Å². The Morgan fingerprint density at radius 2 is 0.564 bits per heavy atom. The molecule has 202 valence electrons. The van der Waals surface area contributed by atoms with Gasteiger partial charge in [-0.25, -0.2) is 0 Å². The Hall–Kier alpha value is -2.90. The summed E-state index contributed by atoms with van der Waals surface area (Å²) >= 11 is -1.87. The van der Waals surface area contributed by atoms with Gasteiger partial charge in [0, 0.05) is 0 Å². The van der Waals surface area contributed by atoms with E-state index in [9.17, 15) is 25.2 Å². The van der Waals surface area contributed by atoms with Crippen molar-refractivity contribution in [3.8, 4) is 0 Å². The summed E-state index contributed by atoms with van der Waals surface area (Å²) in [6.45, 7) is 0. The molecule has 0 N–H and O–H groups in total. The fourth-order valence-corrected chi connectivity index (χ4v) is 23.6. The molecule has 0 unspecified atom stereocenters. The zero-order valence-electron chi connectivity index (χ0n) is 20.5. The Labute approximate surface area is 228 Å². The van der Waals surface area contributed by atoms with Crippen molar-refractivity contribution >= 4 is 52.4 Å². The molecule has 0 aromatic heterocycles. The van der Waals surface area contributed by atoms with Gasteiger partial charge in [-0.2, -0.15) is 0 Å². The van der Waals surface area contributed by atoms with Gasteiger partial charge in [0.05, 0.1) is 0 Å². The molecule has 5 rings (SSSR count). The first kappa shape index (κ1) is 29.1. The average molecular weight is 636 g/mol. The SMILES string of the molecule is F[P-](F)(F)(F)(F)F.c1ccc([As](c2ccccc2)[P+](c2ccccc2)(c2ccccc2)c2ccccc2)cc1. The monoisotopic (exact) mass is 636 g/mol. The molecular formula is C30H25AsF6P2. The molecule has 0 nitrogen and oxygen atoms in total. The van der Waals surface area contributed by atoms with Crippen LogP contribution < -0.4 is 24.6 Å².